The minimum atomic E-state index is -1.26. The van der Waals surface area contributed by atoms with Crippen LogP contribution in [0.5, 0.6) is 5.75 Å². The van der Waals surface area contributed by atoms with E-state index in [0.29, 0.717) is 36.1 Å². The van der Waals surface area contributed by atoms with Crippen molar-refractivity contribution in [3.05, 3.63) is 48.0 Å². The van der Waals surface area contributed by atoms with Crippen LogP contribution in [0.2, 0.25) is 0 Å². The summed E-state index contributed by atoms with van der Waals surface area (Å²) in [5.74, 6) is -1.97. The maximum absolute atomic E-state index is 12.9. The minimum absolute atomic E-state index is 0.0915. The number of aliphatic carboxylic acids is 2. The molecule has 0 aromatic heterocycles. The largest absolute Gasteiger partial charge is 0.495 e. The molecule has 2 aromatic carbocycles. The van der Waals surface area contributed by atoms with Crippen LogP contribution in [0.25, 0.3) is 10.8 Å². The van der Waals surface area contributed by atoms with Gasteiger partial charge in [0.05, 0.1) is 12.7 Å². The fraction of sp³-hybridized carbons (Fsp3) is 0.423. The number of carboxylic acids is 2. The fourth-order valence-corrected chi connectivity index (χ4v) is 4.08. The van der Waals surface area contributed by atoms with Gasteiger partial charge in [-0.2, -0.15) is 0 Å². The van der Waals surface area contributed by atoms with E-state index in [-0.39, 0.29) is 5.91 Å². The SMILES string of the molecule is COc1c(C(=O)NCCNC2CCCCC2)cc(N(C)C)c2ccccc12.O=C(O)C=CC(=O)O. The minimum Gasteiger partial charge on any atom is -0.495 e. The highest BCUT2D eigenvalue weighted by Gasteiger charge is 2.19. The smallest absolute Gasteiger partial charge is 0.328 e. The van der Waals surface area contributed by atoms with Crippen molar-refractivity contribution >= 4 is 34.3 Å². The number of carbonyl (C=O) groups is 3. The number of ether oxygens (including phenoxy) is 1. The third kappa shape index (κ3) is 8.60. The molecule has 0 spiro atoms. The van der Waals surface area contributed by atoms with E-state index in [4.69, 9.17) is 14.9 Å². The Kier molecular flexibility index (Phi) is 11.0. The number of methoxy groups -OCH3 is 1. The van der Waals surface area contributed by atoms with Crippen molar-refractivity contribution in [1.82, 2.24) is 10.6 Å². The molecule has 4 N–H and O–H groups in total. The number of hydrogen-bond acceptors (Lipinski definition) is 6. The molecule has 9 heteroatoms. The summed E-state index contributed by atoms with van der Waals surface area (Å²) in [6.07, 6.45) is 7.59. The van der Waals surface area contributed by atoms with Gasteiger partial charge in [0.1, 0.15) is 5.75 Å². The van der Waals surface area contributed by atoms with Crippen molar-refractivity contribution in [1.29, 1.82) is 0 Å². The summed E-state index contributed by atoms with van der Waals surface area (Å²) in [6.45, 7) is 1.41. The first-order valence-electron chi connectivity index (χ1n) is 11.7. The molecule has 1 fully saturated rings. The summed E-state index contributed by atoms with van der Waals surface area (Å²) in [5, 5.41) is 24.3. The molecular weight excluding hydrogens is 450 g/mol. The molecular formula is C26H35N3O6. The molecule has 0 radical (unpaired) electrons. The monoisotopic (exact) mass is 485 g/mol. The predicted molar refractivity (Wildman–Crippen MR) is 136 cm³/mol. The van der Waals surface area contributed by atoms with Gasteiger partial charge >= 0.3 is 11.9 Å². The van der Waals surface area contributed by atoms with Crippen LogP contribution < -0.4 is 20.3 Å². The lowest BCUT2D eigenvalue weighted by Gasteiger charge is -2.23. The highest BCUT2D eigenvalue weighted by atomic mass is 16.5. The molecule has 190 valence electrons. The molecule has 0 aliphatic heterocycles. The second kappa shape index (κ2) is 14.0. The van der Waals surface area contributed by atoms with E-state index in [1.54, 1.807) is 7.11 Å². The lowest BCUT2D eigenvalue weighted by molar-refractivity contribution is -0.134. The van der Waals surface area contributed by atoms with Crippen molar-refractivity contribution < 1.29 is 29.3 Å². The molecule has 35 heavy (non-hydrogen) atoms. The van der Waals surface area contributed by atoms with Crippen molar-refractivity contribution in [2.45, 2.75) is 38.1 Å². The number of carboxylic acid groups (broad SMARTS) is 2. The third-order valence-electron chi connectivity index (χ3n) is 5.72. The number of carbonyl (C=O) groups excluding carboxylic acids is 1. The number of nitrogens with zero attached hydrogens (tertiary/aromatic N) is 1. The zero-order valence-electron chi connectivity index (χ0n) is 20.5. The van der Waals surface area contributed by atoms with E-state index in [1.165, 1.54) is 32.1 Å². The molecule has 1 amide bonds. The van der Waals surface area contributed by atoms with Crippen LogP contribution in [0.15, 0.2) is 42.5 Å². The van der Waals surface area contributed by atoms with Crippen LogP contribution in [0, 0.1) is 0 Å². The van der Waals surface area contributed by atoms with Gasteiger partial charge in [-0.1, -0.05) is 43.5 Å². The Bertz CT molecular complexity index is 1030. The number of fused-ring (bicyclic) bond motifs is 1. The van der Waals surface area contributed by atoms with Crippen molar-refractivity contribution in [2.75, 3.05) is 39.2 Å². The maximum atomic E-state index is 12.9. The predicted octanol–water partition coefficient (Wildman–Crippen LogP) is 3.28. The summed E-state index contributed by atoms with van der Waals surface area (Å²) in [5.41, 5.74) is 1.59. The summed E-state index contributed by atoms with van der Waals surface area (Å²) in [7, 11) is 5.60. The van der Waals surface area contributed by atoms with E-state index in [9.17, 15) is 14.4 Å². The Balaban J connectivity index is 0.000000466. The van der Waals surface area contributed by atoms with Crippen LogP contribution in [-0.4, -0.2) is 68.4 Å². The van der Waals surface area contributed by atoms with Crippen LogP contribution in [0.3, 0.4) is 0 Å². The lowest BCUT2D eigenvalue weighted by Crippen LogP contribution is -2.38. The van der Waals surface area contributed by atoms with Crippen molar-refractivity contribution in [2.24, 2.45) is 0 Å². The lowest BCUT2D eigenvalue weighted by atomic mass is 9.95. The average Bonchev–Trinajstić information content (AvgIpc) is 2.85. The molecule has 0 unspecified atom stereocenters. The molecule has 1 saturated carbocycles. The summed E-state index contributed by atoms with van der Waals surface area (Å²) in [6, 6.07) is 10.6. The van der Waals surface area contributed by atoms with Gasteiger partial charge in [0, 0.05) is 61.8 Å². The standard InChI is InChI=1S/C22H31N3O2.C4H4O4/c1-25(2)20-15-19(21(27-3)18-12-8-7-11-17(18)20)22(26)24-14-13-23-16-9-5-4-6-10-16;5-3(6)1-2-4(7)8/h7-8,11-12,15-16,23H,4-6,9-10,13-14H2,1-3H3,(H,24,26);1-2H,(H,5,6)(H,7,8). The summed E-state index contributed by atoms with van der Waals surface area (Å²) in [4.78, 5) is 34.0. The van der Waals surface area contributed by atoms with Gasteiger partial charge in [-0.3, -0.25) is 4.79 Å². The Labute approximate surface area is 205 Å². The molecule has 0 bridgehead atoms. The van der Waals surface area contributed by atoms with E-state index in [1.807, 2.05) is 43.3 Å². The van der Waals surface area contributed by atoms with Crippen LogP contribution in [-0.2, 0) is 9.59 Å². The zero-order chi connectivity index (χ0) is 25.8. The average molecular weight is 486 g/mol. The van der Waals surface area contributed by atoms with Crippen LogP contribution in [0.4, 0.5) is 5.69 Å². The van der Waals surface area contributed by atoms with Gasteiger partial charge in [-0.15, -0.1) is 0 Å². The first kappa shape index (κ1) is 27.7. The zero-order valence-corrected chi connectivity index (χ0v) is 20.5. The number of benzene rings is 2. The quantitative estimate of drug-likeness (QED) is 0.315. The number of hydrogen-bond donors (Lipinski definition) is 4. The van der Waals surface area contributed by atoms with Gasteiger partial charge in [-0.25, -0.2) is 9.59 Å². The molecule has 1 aliphatic carbocycles. The van der Waals surface area contributed by atoms with Gasteiger partial charge in [0.2, 0.25) is 0 Å². The Morgan fingerprint density at radius 1 is 1.00 bits per heavy atom. The topological polar surface area (TPSA) is 128 Å². The molecule has 3 rings (SSSR count). The highest BCUT2D eigenvalue weighted by molar-refractivity contribution is 6.08. The normalized spacial score (nSPS) is 13.7. The van der Waals surface area contributed by atoms with Crippen LogP contribution in [0.1, 0.15) is 42.5 Å². The third-order valence-corrected chi connectivity index (χ3v) is 5.72. The first-order chi connectivity index (χ1) is 16.7. The number of anilines is 1. The van der Waals surface area contributed by atoms with Crippen LogP contribution >= 0.6 is 0 Å². The van der Waals surface area contributed by atoms with Crippen molar-refractivity contribution in [3.8, 4) is 5.75 Å². The molecule has 9 nitrogen and oxygen atoms in total. The number of rotatable bonds is 9. The maximum Gasteiger partial charge on any atom is 0.328 e. The second-order valence-corrected chi connectivity index (χ2v) is 8.47. The van der Waals surface area contributed by atoms with Gasteiger partial charge in [0.15, 0.2) is 0 Å². The number of nitrogens with one attached hydrogen (secondary N) is 2. The Morgan fingerprint density at radius 3 is 2.14 bits per heavy atom. The highest BCUT2D eigenvalue weighted by Crippen LogP contribution is 2.36. The molecule has 2 aromatic rings. The van der Waals surface area contributed by atoms with E-state index in [2.05, 4.69) is 16.7 Å². The summed E-state index contributed by atoms with van der Waals surface area (Å²) < 4.78 is 5.62. The van der Waals surface area contributed by atoms with E-state index in [0.717, 1.165) is 23.0 Å². The first-order valence-corrected chi connectivity index (χ1v) is 11.7. The second-order valence-electron chi connectivity index (χ2n) is 8.47. The molecule has 0 atom stereocenters. The Morgan fingerprint density at radius 2 is 1.60 bits per heavy atom. The Hall–Kier alpha value is -3.59. The van der Waals surface area contributed by atoms with Gasteiger partial charge < -0.3 is 30.5 Å². The number of amides is 1. The van der Waals surface area contributed by atoms with Gasteiger partial charge in [-0.05, 0) is 18.9 Å². The molecule has 1 aliphatic rings. The van der Waals surface area contributed by atoms with Crippen molar-refractivity contribution in [3.63, 3.8) is 0 Å². The van der Waals surface area contributed by atoms with E-state index >= 15 is 0 Å². The molecule has 0 saturated heterocycles. The summed E-state index contributed by atoms with van der Waals surface area (Å²) >= 11 is 0. The van der Waals surface area contributed by atoms with E-state index < -0.39 is 11.9 Å². The molecule has 0 heterocycles. The fourth-order valence-electron chi connectivity index (χ4n) is 4.08. The van der Waals surface area contributed by atoms with Gasteiger partial charge in [0.25, 0.3) is 5.91 Å².